The predicted octanol–water partition coefficient (Wildman–Crippen LogP) is 6.48. The van der Waals surface area contributed by atoms with Gasteiger partial charge >= 0.3 is 27.5 Å². The summed E-state index contributed by atoms with van der Waals surface area (Å²) in [5, 5.41) is 30.6. The van der Waals surface area contributed by atoms with Crippen LogP contribution >= 0.6 is 27.3 Å². The van der Waals surface area contributed by atoms with Gasteiger partial charge in [0.25, 0.3) is 0 Å². The molecule has 4 aromatic heterocycles. The number of halogens is 3. The van der Waals surface area contributed by atoms with Crippen molar-refractivity contribution in [1.82, 2.24) is 39.1 Å². The summed E-state index contributed by atoms with van der Waals surface area (Å²) in [6, 6.07) is 8.29. The number of anilines is 2. The lowest BCUT2D eigenvalue weighted by molar-refractivity contribution is -0.146. The molecule has 7 N–H and O–H groups in total. The molecular weight excluding hydrogens is 1060 g/mol. The second-order valence-electron chi connectivity index (χ2n) is 18.8. The van der Waals surface area contributed by atoms with Crippen LogP contribution in [0.15, 0.2) is 36.9 Å². The van der Waals surface area contributed by atoms with Crippen LogP contribution in [0.25, 0.3) is 11.0 Å². The van der Waals surface area contributed by atoms with Crippen molar-refractivity contribution in [1.29, 1.82) is 10.5 Å². The van der Waals surface area contributed by atoms with Crippen LogP contribution in [0.5, 0.6) is 0 Å². The summed E-state index contributed by atoms with van der Waals surface area (Å²) < 4.78 is 102. The molecule has 4 aliphatic rings. The van der Waals surface area contributed by atoms with Crippen LogP contribution in [0.1, 0.15) is 117 Å². The Morgan fingerprint density at radius 3 is 1.66 bits per heavy atom. The maximum Gasteiger partial charge on any atom is 0.472 e. The highest BCUT2D eigenvalue weighted by Gasteiger charge is 2.72. The van der Waals surface area contributed by atoms with Gasteiger partial charge in [0.15, 0.2) is 23.0 Å². The summed E-state index contributed by atoms with van der Waals surface area (Å²) in [5.41, 5.74) is 3.22. The van der Waals surface area contributed by atoms with Crippen LogP contribution in [0, 0.1) is 22.7 Å². The average Bonchev–Trinajstić information content (AvgIpc) is 4.20. The number of esters is 2. The maximum atomic E-state index is 16.5. The summed E-state index contributed by atoms with van der Waals surface area (Å²) in [4.78, 5) is 43.0. The quantitative estimate of drug-likeness (QED) is 0.0290. The second-order valence-corrected chi connectivity index (χ2v) is 22.2. The van der Waals surface area contributed by atoms with Gasteiger partial charge in [-0.2, -0.15) is 20.7 Å². The number of hydrogen-bond donors (Lipinski definition) is 5. The monoisotopic (exact) mass is 1130 g/mol. The van der Waals surface area contributed by atoms with Gasteiger partial charge in [0.1, 0.15) is 72.3 Å². The number of carbonyl (C=O) groups is 2. The molecule has 0 amide bonds. The number of ether oxygens (including phenoxy) is 4. The third kappa shape index (κ3) is 12.5. The van der Waals surface area contributed by atoms with Crippen molar-refractivity contribution in [2.45, 2.75) is 165 Å². The normalized spacial score (nSPS) is 31.3. The Labute approximate surface area is 442 Å². The molecule has 0 aliphatic carbocycles. The smallest absolute Gasteiger partial charge is 0.465 e. The number of phosphoric ester groups is 1. The third-order valence-electron chi connectivity index (χ3n) is 13.3. The van der Waals surface area contributed by atoms with Gasteiger partial charge < -0.3 is 35.3 Å². The number of nitrogens with one attached hydrogen (secondary N) is 2. The molecular formula is C46H65ClF2N12O13P2. The van der Waals surface area contributed by atoms with Crippen molar-refractivity contribution >= 4 is 62.0 Å². The average molecular weight is 1130 g/mol. The first kappa shape index (κ1) is 60.2. The highest BCUT2D eigenvalue weighted by atomic mass is 35.5. The summed E-state index contributed by atoms with van der Waals surface area (Å²) in [6.45, 7) is 9.65. The lowest BCUT2D eigenvalue weighted by Crippen LogP contribution is -2.51. The van der Waals surface area contributed by atoms with Gasteiger partial charge in [-0.15, -0.1) is 0 Å². The number of nitriles is 2. The van der Waals surface area contributed by atoms with Crippen LogP contribution < -0.4 is 21.4 Å². The number of unbranched alkanes of at least 4 members (excludes halogenated alkanes) is 8. The van der Waals surface area contributed by atoms with E-state index in [9.17, 15) is 34.1 Å². The van der Waals surface area contributed by atoms with Crippen LogP contribution in [0.2, 0.25) is 0 Å². The zero-order valence-electron chi connectivity index (χ0n) is 42.9. The van der Waals surface area contributed by atoms with E-state index >= 15 is 8.78 Å². The third-order valence-corrected chi connectivity index (χ3v) is 16.3. The molecule has 76 heavy (non-hydrogen) atoms. The van der Waals surface area contributed by atoms with Gasteiger partial charge in [0, 0.05) is 0 Å². The molecule has 4 fully saturated rings. The van der Waals surface area contributed by atoms with E-state index in [1.54, 1.807) is 13.0 Å². The van der Waals surface area contributed by atoms with E-state index in [2.05, 4.69) is 48.5 Å². The molecule has 8 heterocycles. The largest absolute Gasteiger partial charge is 0.472 e. The summed E-state index contributed by atoms with van der Waals surface area (Å²) in [7, 11) is -8.58. The van der Waals surface area contributed by atoms with Crippen LogP contribution in [0.3, 0.4) is 0 Å². The molecule has 418 valence electrons. The second kappa shape index (κ2) is 25.2. The molecule has 4 aliphatic heterocycles. The van der Waals surface area contributed by atoms with Crippen LogP contribution in [0.4, 0.5) is 20.4 Å². The van der Waals surface area contributed by atoms with Crippen LogP contribution in [-0.4, -0.2) is 120 Å². The number of nitrogens with two attached hydrogens (primary N) is 2. The van der Waals surface area contributed by atoms with E-state index in [4.69, 9.17) is 55.8 Å². The standard InChI is InChI=1S/C23H32FN6O6P.C13H13FN5O5P.C10H20ClNO2/c1-4-5-6-7-8-11-33-21(31)15(2)29-37(32)34-12-17-19(36-37)22(3,24)23(13-25,35-17)18-10-9-16-20(26)27-14-28-30(16)18;1-12(14)10-8(4-22-25(20,21)24-10)23-13(12,5-15)9-3-2-7-11(16)17-6-18-19(7)9;1-3-4-5-6-7-8-14-10(13)9(2)12-11/h9-10,14-15,17,19H,4-8,11-12H2,1-3H3,(H,29,32)(H2,26,27,28);2-3,6,8,10H,4H2,1H3,(H,20,21)(H2,16,17,18);9,12H,3-8H2,1-2H3/t15-,17+,19+,22+,23-,37?;8-,10-,12-,13+;9-/m010/s1. The van der Waals surface area contributed by atoms with Gasteiger partial charge in [-0.25, -0.2) is 46.8 Å². The fourth-order valence-electron chi connectivity index (χ4n) is 9.03. The number of fused-ring (bicyclic) bond motifs is 4. The minimum atomic E-state index is -4.42. The molecule has 0 aromatic carbocycles. The molecule has 0 saturated carbocycles. The molecule has 25 nitrogen and oxygen atoms in total. The fraction of sp³-hybridized carbons (Fsp3) is 0.652. The van der Waals surface area contributed by atoms with E-state index in [1.165, 1.54) is 59.7 Å². The Hall–Kier alpha value is -4.99. The molecule has 2 unspecified atom stereocenters. The molecule has 4 aromatic rings. The van der Waals surface area contributed by atoms with Crippen molar-refractivity contribution in [3.8, 4) is 12.1 Å². The lowest BCUT2D eigenvalue weighted by atomic mass is 9.82. The van der Waals surface area contributed by atoms with Gasteiger partial charge in [0.2, 0.25) is 11.2 Å². The van der Waals surface area contributed by atoms with Gasteiger partial charge in [-0.1, -0.05) is 65.2 Å². The number of nitrogen functional groups attached to an aromatic ring is 2. The van der Waals surface area contributed by atoms with E-state index in [0.717, 1.165) is 65.1 Å². The zero-order valence-corrected chi connectivity index (χ0v) is 45.5. The number of hydrogen-bond acceptors (Lipinski definition) is 21. The van der Waals surface area contributed by atoms with Crippen molar-refractivity contribution in [2.75, 3.05) is 37.9 Å². The topological polar surface area (TPSA) is 346 Å². The molecule has 4 saturated heterocycles. The predicted molar refractivity (Wildman–Crippen MR) is 268 cm³/mol. The number of carbonyl (C=O) groups excluding carboxylic acids is 2. The number of nitrogens with zero attached hydrogens (tertiary/aromatic N) is 8. The summed E-state index contributed by atoms with van der Waals surface area (Å²) in [6.07, 6.45) is 8.06. The highest BCUT2D eigenvalue weighted by Crippen LogP contribution is 2.61. The molecule has 0 spiro atoms. The fourth-order valence-corrected chi connectivity index (χ4v) is 11.9. The van der Waals surface area contributed by atoms with E-state index in [0.29, 0.717) is 17.6 Å². The minimum Gasteiger partial charge on any atom is -0.465 e. The maximum absolute atomic E-state index is 16.5. The molecule has 0 bridgehead atoms. The molecule has 8 rings (SSSR count). The zero-order chi connectivity index (χ0) is 55.7. The first-order chi connectivity index (χ1) is 36.0. The number of rotatable bonds is 19. The van der Waals surface area contributed by atoms with E-state index < -0.39 is 80.6 Å². The molecule has 0 radical (unpaired) electrons. The Balaban J connectivity index is 0.000000206. The lowest BCUT2D eigenvalue weighted by Gasteiger charge is -2.36. The minimum absolute atomic E-state index is 0.0647. The van der Waals surface area contributed by atoms with Gasteiger partial charge in [-0.05, 0) is 76.6 Å². The Bertz CT molecular complexity index is 2850. The molecule has 30 heteroatoms. The van der Waals surface area contributed by atoms with E-state index in [1.807, 2.05) is 12.1 Å². The molecule has 12 atom stereocenters. The Kier molecular flexibility index (Phi) is 20.0. The van der Waals surface area contributed by atoms with Crippen molar-refractivity contribution in [3.63, 3.8) is 0 Å². The van der Waals surface area contributed by atoms with E-state index in [-0.39, 0.29) is 48.8 Å². The Morgan fingerprint density at radius 2 is 1.21 bits per heavy atom. The van der Waals surface area contributed by atoms with Crippen molar-refractivity contribution in [2.24, 2.45) is 0 Å². The first-order valence-electron chi connectivity index (χ1n) is 24.8. The van der Waals surface area contributed by atoms with Crippen LogP contribution in [-0.2, 0) is 67.0 Å². The number of aromatic nitrogens is 6. The van der Waals surface area contributed by atoms with Gasteiger partial charge in [0.05, 0.1) is 37.8 Å². The van der Waals surface area contributed by atoms with Gasteiger partial charge in [-0.3, -0.25) is 27.7 Å². The van der Waals surface area contributed by atoms with Crippen molar-refractivity contribution in [3.05, 3.63) is 48.3 Å². The highest BCUT2D eigenvalue weighted by molar-refractivity contribution is 7.51. The SMILES string of the molecule is CCCCCCCOC(=O)[C@H](C)NCl.CCCCCCCOC(=O)[C@H](C)NP1(=O)OC[C@H]2O[C@@](C#N)(c3ccc4c(N)ncnn34)[C@](C)(F)[C@@H]2O1.C[C@@]1(F)[C@@H]2OP(=O)(O)OC[C@H]2O[C@@]1(C#N)c1ccc2c(N)ncnn12. The number of phosphoric acid groups is 1. The number of alkyl halides is 2. The Morgan fingerprint density at radius 1 is 0.776 bits per heavy atom. The summed E-state index contributed by atoms with van der Waals surface area (Å²) >= 11 is 5.28. The van der Waals surface area contributed by atoms with Crippen molar-refractivity contribution < 1.29 is 69.4 Å². The summed E-state index contributed by atoms with van der Waals surface area (Å²) in [5.74, 6) is -0.630. The first-order valence-corrected chi connectivity index (χ1v) is 28.2.